The van der Waals surface area contributed by atoms with E-state index in [1.807, 2.05) is 11.3 Å². The van der Waals surface area contributed by atoms with Crippen molar-refractivity contribution in [3.63, 3.8) is 0 Å². The van der Waals surface area contributed by atoms with E-state index in [2.05, 4.69) is 162 Å². The fourth-order valence-corrected chi connectivity index (χ4v) is 7.69. The van der Waals surface area contributed by atoms with Crippen LogP contribution in [0.4, 0.5) is 0 Å². The van der Waals surface area contributed by atoms with Gasteiger partial charge in [0.1, 0.15) is 5.84 Å². The first-order valence-corrected chi connectivity index (χ1v) is 15.7. The molecule has 0 radical (unpaired) electrons. The van der Waals surface area contributed by atoms with Crippen molar-refractivity contribution in [2.75, 3.05) is 0 Å². The summed E-state index contributed by atoms with van der Waals surface area (Å²) in [5.41, 5.74) is 7.89. The predicted octanol–water partition coefficient (Wildman–Crippen LogP) is 10.3. The Hall–Kier alpha value is -5.45. The van der Waals surface area contributed by atoms with E-state index >= 15 is 0 Å². The number of rotatable bonds is 4. The highest BCUT2D eigenvalue weighted by Crippen LogP contribution is 2.37. The molecular weight excluding hydrogens is 555 g/mol. The van der Waals surface area contributed by atoms with E-state index in [9.17, 15) is 0 Å². The molecule has 8 aromatic rings. The molecule has 4 heteroatoms. The average Bonchev–Trinajstić information content (AvgIpc) is 3.64. The van der Waals surface area contributed by atoms with Crippen molar-refractivity contribution in [1.29, 1.82) is 0 Å². The standard InChI is InChI=1S/C40H27N3S/c1-3-11-26(12-4-1)34-25-35(27-19-22-33-32-16-8-10-18-38(32)44-39(33)24-27)42-40(41-34)28-20-21-31-30-15-7-9-17-36(30)43(37(31)23-28)29-13-5-2-6-14-29/h1-25,34H,(H,41,42). The second-order valence-corrected chi connectivity index (χ2v) is 12.4. The number of nitrogens with one attached hydrogen (secondary N) is 1. The molecule has 208 valence electrons. The van der Waals surface area contributed by atoms with Gasteiger partial charge in [0.15, 0.2) is 0 Å². The molecule has 1 N–H and O–H groups in total. The van der Waals surface area contributed by atoms with Gasteiger partial charge in [-0.05, 0) is 48.0 Å². The summed E-state index contributed by atoms with van der Waals surface area (Å²) in [6, 6.07) is 52.0. The number of nitrogens with zero attached hydrogens (tertiary/aromatic N) is 2. The Morgan fingerprint density at radius 1 is 0.545 bits per heavy atom. The number of hydrogen-bond acceptors (Lipinski definition) is 3. The van der Waals surface area contributed by atoms with Crippen LogP contribution in [-0.2, 0) is 0 Å². The van der Waals surface area contributed by atoms with Gasteiger partial charge in [-0.1, -0.05) is 109 Å². The van der Waals surface area contributed by atoms with Gasteiger partial charge in [-0.15, -0.1) is 11.3 Å². The van der Waals surface area contributed by atoms with E-state index in [1.54, 1.807) is 0 Å². The molecule has 0 amide bonds. The van der Waals surface area contributed by atoms with Gasteiger partial charge in [0.25, 0.3) is 0 Å². The fraction of sp³-hybridized carbons (Fsp3) is 0.0250. The first-order valence-electron chi connectivity index (χ1n) is 14.9. The van der Waals surface area contributed by atoms with Crippen LogP contribution >= 0.6 is 11.3 Å². The van der Waals surface area contributed by atoms with Crippen LogP contribution in [0.3, 0.4) is 0 Å². The van der Waals surface area contributed by atoms with Crippen molar-refractivity contribution >= 4 is 64.8 Å². The van der Waals surface area contributed by atoms with Crippen LogP contribution in [-0.4, -0.2) is 10.4 Å². The lowest BCUT2D eigenvalue weighted by Crippen LogP contribution is -2.31. The molecule has 1 unspecified atom stereocenters. The van der Waals surface area contributed by atoms with E-state index in [0.29, 0.717) is 0 Å². The van der Waals surface area contributed by atoms with Crippen LogP contribution in [0.15, 0.2) is 157 Å². The summed E-state index contributed by atoms with van der Waals surface area (Å²) in [7, 11) is 0. The molecule has 0 aliphatic carbocycles. The molecule has 1 aliphatic rings. The third-order valence-corrected chi connectivity index (χ3v) is 9.78. The van der Waals surface area contributed by atoms with Crippen LogP contribution in [0.5, 0.6) is 0 Å². The highest BCUT2D eigenvalue weighted by atomic mass is 32.1. The second-order valence-electron chi connectivity index (χ2n) is 11.3. The number of aromatic nitrogens is 1. The Morgan fingerprint density at radius 2 is 1.20 bits per heavy atom. The van der Waals surface area contributed by atoms with E-state index in [0.717, 1.165) is 28.3 Å². The SMILES string of the molecule is C1=C(c2ccc3c(c2)sc2ccccc23)N=C(c2ccc3c4ccccc4n(-c4ccccc4)c3c2)NC1c1ccccc1. The van der Waals surface area contributed by atoms with Crippen molar-refractivity contribution in [2.24, 2.45) is 4.99 Å². The monoisotopic (exact) mass is 581 g/mol. The topological polar surface area (TPSA) is 29.3 Å². The van der Waals surface area contributed by atoms with Crippen LogP contribution < -0.4 is 5.32 Å². The van der Waals surface area contributed by atoms with Gasteiger partial charge in [-0.25, -0.2) is 4.99 Å². The minimum Gasteiger partial charge on any atom is -0.359 e. The largest absolute Gasteiger partial charge is 0.359 e. The van der Waals surface area contributed by atoms with Crippen LogP contribution in [0, 0.1) is 0 Å². The lowest BCUT2D eigenvalue weighted by atomic mass is 9.99. The number of fused-ring (bicyclic) bond motifs is 6. The zero-order chi connectivity index (χ0) is 29.0. The average molecular weight is 582 g/mol. The molecular formula is C40H27N3S. The van der Waals surface area contributed by atoms with Gasteiger partial charge in [0, 0.05) is 47.8 Å². The Kier molecular flexibility index (Phi) is 5.75. The Morgan fingerprint density at radius 3 is 2.07 bits per heavy atom. The molecule has 0 fully saturated rings. The summed E-state index contributed by atoms with van der Waals surface area (Å²) in [5, 5.41) is 8.86. The van der Waals surface area contributed by atoms with Crippen molar-refractivity contribution in [3.05, 3.63) is 168 Å². The number of thiophene rings is 1. The quantitative estimate of drug-likeness (QED) is 0.220. The Bertz CT molecular complexity index is 2410. The Balaban J connectivity index is 1.22. The predicted molar refractivity (Wildman–Crippen MR) is 187 cm³/mol. The maximum absolute atomic E-state index is 5.28. The summed E-state index contributed by atoms with van der Waals surface area (Å²) < 4.78 is 4.95. The van der Waals surface area contributed by atoms with Gasteiger partial charge in [-0.3, -0.25) is 0 Å². The summed E-state index contributed by atoms with van der Waals surface area (Å²) in [6.07, 6.45) is 2.26. The normalized spacial score (nSPS) is 15.0. The van der Waals surface area contributed by atoms with Gasteiger partial charge >= 0.3 is 0 Å². The smallest absolute Gasteiger partial charge is 0.134 e. The highest BCUT2D eigenvalue weighted by Gasteiger charge is 2.21. The number of amidine groups is 1. The molecule has 1 atom stereocenters. The fourth-order valence-electron chi connectivity index (χ4n) is 6.54. The van der Waals surface area contributed by atoms with E-state index < -0.39 is 0 Å². The third kappa shape index (κ3) is 4.07. The van der Waals surface area contributed by atoms with Gasteiger partial charge in [-0.2, -0.15) is 0 Å². The molecule has 3 heterocycles. The maximum Gasteiger partial charge on any atom is 0.134 e. The highest BCUT2D eigenvalue weighted by molar-refractivity contribution is 7.25. The van der Waals surface area contributed by atoms with Crippen molar-refractivity contribution in [1.82, 2.24) is 9.88 Å². The van der Waals surface area contributed by atoms with Gasteiger partial charge in [0.05, 0.1) is 22.8 Å². The van der Waals surface area contributed by atoms with E-state index in [1.165, 1.54) is 47.5 Å². The lowest BCUT2D eigenvalue weighted by Gasteiger charge is -2.24. The van der Waals surface area contributed by atoms with Crippen molar-refractivity contribution in [2.45, 2.75) is 6.04 Å². The summed E-state index contributed by atoms with van der Waals surface area (Å²) >= 11 is 1.84. The van der Waals surface area contributed by atoms with Gasteiger partial charge < -0.3 is 9.88 Å². The second kappa shape index (κ2) is 10.1. The summed E-state index contributed by atoms with van der Waals surface area (Å²) in [4.78, 5) is 5.28. The number of hydrogen-bond donors (Lipinski definition) is 1. The zero-order valence-electron chi connectivity index (χ0n) is 23.8. The van der Waals surface area contributed by atoms with E-state index in [-0.39, 0.29) is 6.04 Å². The van der Waals surface area contributed by atoms with Crippen LogP contribution in [0.25, 0.3) is 53.4 Å². The molecule has 0 saturated heterocycles. The minimum absolute atomic E-state index is 0.00696. The summed E-state index contributed by atoms with van der Waals surface area (Å²) in [5.74, 6) is 0.875. The molecule has 44 heavy (non-hydrogen) atoms. The Labute approximate surface area is 259 Å². The third-order valence-electron chi connectivity index (χ3n) is 8.64. The first-order chi connectivity index (χ1) is 21.8. The first kappa shape index (κ1) is 25.1. The van der Waals surface area contributed by atoms with Crippen LogP contribution in [0.1, 0.15) is 22.7 Å². The molecule has 6 aromatic carbocycles. The molecule has 1 aliphatic heterocycles. The van der Waals surface area contributed by atoms with Crippen molar-refractivity contribution in [3.8, 4) is 5.69 Å². The molecule has 0 saturated carbocycles. The molecule has 0 bridgehead atoms. The molecule has 2 aromatic heterocycles. The molecule has 0 spiro atoms. The summed E-state index contributed by atoms with van der Waals surface area (Å²) in [6.45, 7) is 0. The number of para-hydroxylation sites is 2. The number of aliphatic imine (C=N–C) groups is 1. The van der Waals surface area contributed by atoms with Crippen LogP contribution in [0.2, 0.25) is 0 Å². The lowest BCUT2D eigenvalue weighted by molar-refractivity contribution is 0.781. The molecule has 9 rings (SSSR count). The van der Waals surface area contributed by atoms with Crippen molar-refractivity contribution < 1.29 is 0 Å². The zero-order valence-corrected chi connectivity index (χ0v) is 24.6. The van der Waals surface area contributed by atoms with E-state index in [4.69, 9.17) is 4.99 Å². The van der Waals surface area contributed by atoms with Gasteiger partial charge in [0.2, 0.25) is 0 Å². The molecule has 3 nitrogen and oxygen atoms in total. The minimum atomic E-state index is -0.00696. The number of benzene rings is 6. The maximum atomic E-state index is 5.28.